The van der Waals surface area contributed by atoms with E-state index in [1.807, 2.05) is 0 Å². The van der Waals surface area contributed by atoms with Crippen LogP contribution in [-0.4, -0.2) is 10.7 Å². The quantitative estimate of drug-likeness (QED) is 0.733. The van der Waals surface area contributed by atoms with Gasteiger partial charge in [-0.3, -0.25) is 0 Å². The summed E-state index contributed by atoms with van der Waals surface area (Å²) in [5, 5.41) is 9.80. The van der Waals surface area contributed by atoms with Gasteiger partial charge in [0.25, 0.3) is 0 Å². The van der Waals surface area contributed by atoms with E-state index in [9.17, 15) is 5.11 Å². The van der Waals surface area contributed by atoms with Crippen molar-refractivity contribution in [2.75, 3.05) is 0 Å². The topological polar surface area (TPSA) is 20.2 Å². The smallest absolute Gasteiger partial charge is 0.0690 e. The Morgan fingerprint density at radius 3 is 2.62 bits per heavy atom. The molecule has 1 saturated carbocycles. The number of aryl methyl sites for hydroxylation is 1. The highest BCUT2D eigenvalue weighted by atomic mass is 16.3. The van der Waals surface area contributed by atoms with Gasteiger partial charge in [0.15, 0.2) is 0 Å². The van der Waals surface area contributed by atoms with Crippen LogP contribution >= 0.6 is 0 Å². The molecule has 70 valence electrons. The van der Waals surface area contributed by atoms with Crippen molar-refractivity contribution in [2.24, 2.45) is 0 Å². The molecule has 2 rings (SSSR count). The Labute approximate surface area is 79.4 Å². The van der Waals surface area contributed by atoms with E-state index in [-0.39, 0.29) is 5.60 Å². The van der Waals surface area contributed by atoms with Crippen molar-refractivity contribution in [3.63, 3.8) is 0 Å². The summed E-state index contributed by atoms with van der Waals surface area (Å²) in [6.45, 7) is 4.26. The van der Waals surface area contributed by atoms with E-state index in [0.717, 1.165) is 19.3 Å². The zero-order valence-corrected chi connectivity index (χ0v) is 8.30. The molecular formula is C12H16O. The lowest BCUT2D eigenvalue weighted by atomic mass is 9.98. The van der Waals surface area contributed by atoms with Crippen molar-refractivity contribution in [3.05, 3.63) is 34.9 Å². The van der Waals surface area contributed by atoms with Crippen LogP contribution < -0.4 is 0 Å². The third-order valence-electron chi connectivity index (χ3n) is 3.06. The van der Waals surface area contributed by atoms with Gasteiger partial charge in [-0.15, -0.1) is 0 Å². The average Bonchev–Trinajstić information content (AvgIpc) is 2.78. The zero-order valence-electron chi connectivity index (χ0n) is 8.30. The SMILES string of the molecule is Cc1cccc(CC2(O)CC2)c1C. The lowest BCUT2D eigenvalue weighted by molar-refractivity contribution is 0.151. The number of hydrogen-bond acceptors (Lipinski definition) is 1. The normalized spacial score (nSPS) is 18.7. The van der Waals surface area contributed by atoms with Crippen LogP contribution in [-0.2, 0) is 6.42 Å². The predicted molar refractivity (Wildman–Crippen MR) is 53.8 cm³/mol. The molecule has 1 heteroatoms. The standard InChI is InChI=1S/C12H16O/c1-9-4-3-5-11(10(9)2)8-12(13)6-7-12/h3-5,13H,6-8H2,1-2H3. The lowest BCUT2D eigenvalue weighted by Crippen LogP contribution is -2.11. The minimum Gasteiger partial charge on any atom is -0.390 e. The van der Waals surface area contributed by atoms with Gasteiger partial charge in [-0.1, -0.05) is 18.2 Å². The molecule has 1 aromatic carbocycles. The van der Waals surface area contributed by atoms with Gasteiger partial charge in [0.05, 0.1) is 5.60 Å². The Bertz CT molecular complexity index is 324. The summed E-state index contributed by atoms with van der Waals surface area (Å²) in [5.41, 5.74) is 3.60. The maximum absolute atomic E-state index is 9.80. The second-order valence-corrected chi connectivity index (χ2v) is 4.26. The van der Waals surface area contributed by atoms with Crippen LogP contribution in [0.15, 0.2) is 18.2 Å². The van der Waals surface area contributed by atoms with Crippen LogP contribution in [0.1, 0.15) is 29.5 Å². The minimum atomic E-state index is -0.363. The summed E-state index contributed by atoms with van der Waals surface area (Å²) in [5.74, 6) is 0. The molecule has 0 heterocycles. The maximum atomic E-state index is 9.80. The fraction of sp³-hybridized carbons (Fsp3) is 0.500. The van der Waals surface area contributed by atoms with E-state index >= 15 is 0 Å². The summed E-state index contributed by atoms with van der Waals surface area (Å²) in [7, 11) is 0. The molecule has 1 fully saturated rings. The van der Waals surface area contributed by atoms with Gasteiger partial charge in [-0.2, -0.15) is 0 Å². The first kappa shape index (κ1) is 8.76. The molecule has 1 aliphatic rings. The third kappa shape index (κ3) is 1.75. The molecule has 0 radical (unpaired) electrons. The van der Waals surface area contributed by atoms with Crippen LogP contribution in [0.5, 0.6) is 0 Å². The summed E-state index contributed by atoms with van der Waals surface area (Å²) in [6, 6.07) is 6.32. The molecule has 0 atom stereocenters. The fourth-order valence-electron chi connectivity index (χ4n) is 1.68. The van der Waals surface area contributed by atoms with Gasteiger partial charge >= 0.3 is 0 Å². The van der Waals surface area contributed by atoms with E-state index in [0.29, 0.717) is 0 Å². The molecule has 0 aromatic heterocycles. The highest BCUT2D eigenvalue weighted by molar-refractivity contribution is 5.34. The molecule has 1 aromatic rings. The van der Waals surface area contributed by atoms with Crippen molar-refractivity contribution >= 4 is 0 Å². The van der Waals surface area contributed by atoms with Gasteiger partial charge in [0.2, 0.25) is 0 Å². The monoisotopic (exact) mass is 176 g/mol. The van der Waals surface area contributed by atoms with Crippen LogP contribution in [0.4, 0.5) is 0 Å². The summed E-state index contributed by atoms with van der Waals surface area (Å²) >= 11 is 0. The van der Waals surface area contributed by atoms with Crippen molar-refractivity contribution in [1.29, 1.82) is 0 Å². The summed E-state index contributed by atoms with van der Waals surface area (Å²) < 4.78 is 0. The predicted octanol–water partition coefficient (Wildman–Crippen LogP) is 2.37. The van der Waals surface area contributed by atoms with Crippen molar-refractivity contribution < 1.29 is 5.11 Å². The number of hydrogen-bond donors (Lipinski definition) is 1. The Morgan fingerprint density at radius 2 is 2.00 bits per heavy atom. The first-order valence-corrected chi connectivity index (χ1v) is 4.88. The van der Waals surface area contributed by atoms with Gasteiger partial charge in [-0.05, 0) is 43.4 Å². The second kappa shape index (κ2) is 2.85. The first-order chi connectivity index (χ1) is 6.11. The molecule has 0 amide bonds. The van der Waals surface area contributed by atoms with E-state index in [2.05, 4.69) is 32.0 Å². The summed E-state index contributed by atoms with van der Waals surface area (Å²) in [4.78, 5) is 0. The molecule has 1 N–H and O–H groups in total. The minimum absolute atomic E-state index is 0.363. The first-order valence-electron chi connectivity index (χ1n) is 4.88. The summed E-state index contributed by atoms with van der Waals surface area (Å²) in [6.07, 6.45) is 2.78. The van der Waals surface area contributed by atoms with Crippen LogP contribution in [0.25, 0.3) is 0 Å². The Hall–Kier alpha value is -0.820. The second-order valence-electron chi connectivity index (χ2n) is 4.26. The number of aliphatic hydroxyl groups is 1. The van der Waals surface area contributed by atoms with Crippen LogP contribution in [0, 0.1) is 13.8 Å². The van der Waals surface area contributed by atoms with Gasteiger partial charge in [-0.25, -0.2) is 0 Å². The molecule has 1 nitrogen and oxygen atoms in total. The highest BCUT2D eigenvalue weighted by Crippen LogP contribution is 2.38. The molecule has 0 saturated heterocycles. The van der Waals surface area contributed by atoms with Crippen molar-refractivity contribution in [2.45, 2.75) is 38.7 Å². The Kier molecular flexibility index (Phi) is 1.92. The highest BCUT2D eigenvalue weighted by Gasteiger charge is 2.40. The lowest BCUT2D eigenvalue weighted by Gasteiger charge is -2.11. The van der Waals surface area contributed by atoms with E-state index < -0.39 is 0 Å². The van der Waals surface area contributed by atoms with E-state index in [1.54, 1.807) is 0 Å². The van der Waals surface area contributed by atoms with E-state index in [1.165, 1.54) is 16.7 Å². The van der Waals surface area contributed by atoms with E-state index in [4.69, 9.17) is 0 Å². The molecule has 1 aliphatic carbocycles. The van der Waals surface area contributed by atoms with Gasteiger partial charge < -0.3 is 5.11 Å². The van der Waals surface area contributed by atoms with Crippen LogP contribution in [0.3, 0.4) is 0 Å². The Morgan fingerprint density at radius 1 is 1.31 bits per heavy atom. The third-order valence-corrected chi connectivity index (χ3v) is 3.06. The zero-order chi connectivity index (χ0) is 9.47. The van der Waals surface area contributed by atoms with Crippen molar-refractivity contribution in [3.8, 4) is 0 Å². The largest absolute Gasteiger partial charge is 0.390 e. The maximum Gasteiger partial charge on any atom is 0.0690 e. The van der Waals surface area contributed by atoms with Gasteiger partial charge in [0, 0.05) is 6.42 Å². The molecule has 0 aliphatic heterocycles. The molecule has 13 heavy (non-hydrogen) atoms. The van der Waals surface area contributed by atoms with Crippen molar-refractivity contribution in [1.82, 2.24) is 0 Å². The molecule has 0 unspecified atom stereocenters. The van der Waals surface area contributed by atoms with Crippen LogP contribution in [0.2, 0.25) is 0 Å². The van der Waals surface area contributed by atoms with Gasteiger partial charge in [0.1, 0.15) is 0 Å². The number of rotatable bonds is 2. The molecular weight excluding hydrogens is 160 g/mol. The Balaban J connectivity index is 2.25. The average molecular weight is 176 g/mol. The molecule has 0 bridgehead atoms. The number of benzene rings is 1. The molecule has 0 spiro atoms. The fourth-order valence-corrected chi connectivity index (χ4v) is 1.68.